The third kappa shape index (κ3) is 2.56. The molecule has 1 heterocycles. The van der Waals surface area contributed by atoms with Gasteiger partial charge in [-0.1, -0.05) is 6.92 Å². The number of nitrogens with one attached hydrogen (secondary N) is 3. The van der Waals surface area contributed by atoms with Crippen LogP contribution in [0.3, 0.4) is 0 Å². The molecular formula is C11H15N3O3S. The van der Waals surface area contributed by atoms with Gasteiger partial charge in [0.1, 0.15) is 0 Å². The molecule has 0 amide bonds. The molecule has 0 bridgehead atoms. The van der Waals surface area contributed by atoms with Crippen molar-refractivity contribution in [2.45, 2.75) is 20.3 Å². The Hall–Kier alpha value is -1.76. The third-order valence-electron chi connectivity index (χ3n) is 2.60. The topological polar surface area (TPSA) is 94.8 Å². The van der Waals surface area contributed by atoms with Gasteiger partial charge in [0.2, 0.25) is 10.0 Å². The average Bonchev–Trinajstić information content (AvgIpc) is 2.57. The van der Waals surface area contributed by atoms with E-state index in [0.717, 1.165) is 5.56 Å². The van der Waals surface area contributed by atoms with Crippen LogP contribution in [-0.2, 0) is 10.0 Å². The summed E-state index contributed by atoms with van der Waals surface area (Å²) in [5.41, 5.74) is 2.19. The Bertz CT molecular complexity index is 728. The molecule has 0 radical (unpaired) electrons. The Morgan fingerprint density at radius 1 is 1.22 bits per heavy atom. The Morgan fingerprint density at radius 3 is 2.44 bits per heavy atom. The van der Waals surface area contributed by atoms with Crippen LogP contribution in [0.25, 0.3) is 11.0 Å². The van der Waals surface area contributed by atoms with Crippen LogP contribution in [0.1, 0.15) is 18.9 Å². The smallest absolute Gasteiger partial charge is 0.306 e. The number of imidazole rings is 1. The highest BCUT2D eigenvalue weighted by atomic mass is 32.2. The number of fused-ring (bicyclic) bond motifs is 1. The number of sulfonamides is 1. The van der Waals surface area contributed by atoms with Gasteiger partial charge in [-0.15, -0.1) is 0 Å². The van der Waals surface area contributed by atoms with Gasteiger partial charge in [-0.2, -0.15) is 0 Å². The van der Waals surface area contributed by atoms with Crippen molar-refractivity contribution in [2.24, 2.45) is 0 Å². The maximum atomic E-state index is 11.7. The second-order valence-electron chi connectivity index (χ2n) is 4.21. The van der Waals surface area contributed by atoms with Crippen LogP contribution in [0.2, 0.25) is 0 Å². The molecular weight excluding hydrogens is 254 g/mol. The van der Waals surface area contributed by atoms with Gasteiger partial charge in [0.05, 0.1) is 22.5 Å². The summed E-state index contributed by atoms with van der Waals surface area (Å²) in [6.07, 6.45) is 0.553. The van der Waals surface area contributed by atoms with Crippen molar-refractivity contribution in [1.29, 1.82) is 0 Å². The van der Waals surface area contributed by atoms with Crippen molar-refractivity contribution in [3.8, 4) is 0 Å². The summed E-state index contributed by atoms with van der Waals surface area (Å²) >= 11 is 0. The molecule has 0 saturated heterocycles. The lowest BCUT2D eigenvalue weighted by Crippen LogP contribution is -2.16. The van der Waals surface area contributed by atoms with Crippen LogP contribution in [0, 0.1) is 6.92 Å². The Kier molecular flexibility index (Phi) is 3.16. The van der Waals surface area contributed by atoms with Crippen LogP contribution < -0.4 is 10.4 Å². The number of hydrogen-bond acceptors (Lipinski definition) is 3. The number of benzene rings is 1. The van der Waals surface area contributed by atoms with E-state index >= 15 is 0 Å². The molecule has 1 aromatic heterocycles. The van der Waals surface area contributed by atoms with Gasteiger partial charge < -0.3 is 9.97 Å². The molecule has 0 fully saturated rings. The van der Waals surface area contributed by atoms with Crippen LogP contribution in [0.15, 0.2) is 16.9 Å². The molecule has 1 aromatic carbocycles. The van der Waals surface area contributed by atoms with Gasteiger partial charge >= 0.3 is 5.69 Å². The van der Waals surface area contributed by atoms with Crippen LogP contribution in [-0.4, -0.2) is 24.1 Å². The zero-order valence-electron chi connectivity index (χ0n) is 10.2. The normalized spacial score (nSPS) is 11.9. The van der Waals surface area contributed by atoms with Crippen molar-refractivity contribution in [3.05, 3.63) is 28.2 Å². The second-order valence-corrected chi connectivity index (χ2v) is 6.05. The van der Waals surface area contributed by atoms with Crippen molar-refractivity contribution in [1.82, 2.24) is 9.97 Å². The van der Waals surface area contributed by atoms with E-state index in [-0.39, 0.29) is 11.4 Å². The van der Waals surface area contributed by atoms with E-state index in [1.54, 1.807) is 26.0 Å². The SMILES string of the molecule is CCCS(=O)(=O)Nc1cc2[nH]c(=O)[nH]c2cc1C. The fourth-order valence-corrected chi connectivity index (χ4v) is 2.98. The van der Waals surface area contributed by atoms with Gasteiger partial charge in [-0.3, -0.25) is 4.72 Å². The molecule has 0 atom stereocenters. The van der Waals surface area contributed by atoms with Gasteiger partial charge in [-0.25, -0.2) is 13.2 Å². The average molecular weight is 269 g/mol. The molecule has 6 nitrogen and oxygen atoms in total. The molecule has 3 N–H and O–H groups in total. The quantitative estimate of drug-likeness (QED) is 0.781. The number of aryl methyl sites for hydroxylation is 1. The largest absolute Gasteiger partial charge is 0.323 e. The van der Waals surface area contributed by atoms with Gasteiger partial charge in [0.25, 0.3) is 0 Å². The van der Waals surface area contributed by atoms with Gasteiger partial charge in [0, 0.05) is 0 Å². The summed E-state index contributed by atoms with van der Waals surface area (Å²) in [5, 5.41) is 0. The number of hydrogen-bond donors (Lipinski definition) is 3. The predicted octanol–water partition coefficient (Wildman–Crippen LogP) is 1.32. The molecule has 2 rings (SSSR count). The molecule has 2 aromatic rings. The summed E-state index contributed by atoms with van der Waals surface area (Å²) in [5.74, 6) is 0.0775. The molecule has 98 valence electrons. The lowest BCUT2D eigenvalue weighted by molar-refractivity contribution is 0.600. The molecule has 0 unspecified atom stereocenters. The van der Waals surface area contributed by atoms with E-state index in [2.05, 4.69) is 14.7 Å². The molecule has 0 spiro atoms. The zero-order chi connectivity index (χ0) is 13.3. The number of aromatic nitrogens is 2. The highest BCUT2D eigenvalue weighted by Crippen LogP contribution is 2.21. The van der Waals surface area contributed by atoms with E-state index < -0.39 is 10.0 Å². The fraction of sp³-hybridized carbons (Fsp3) is 0.364. The molecule has 0 aliphatic carbocycles. The van der Waals surface area contributed by atoms with E-state index in [0.29, 0.717) is 23.1 Å². The second kappa shape index (κ2) is 4.49. The first-order valence-electron chi connectivity index (χ1n) is 5.64. The van der Waals surface area contributed by atoms with Gasteiger partial charge in [-0.05, 0) is 31.0 Å². The van der Waals surface area contributed by atoms with Crippen molar-refractivity contribution < 1.29 is 8.42 Å². The van der Waals surface area contributed by atoms with Crippen molar-refractivity contribution >= 4 is 26.7 Å². The van der Waals surface area contributed by atoms with E-state index in [1.807, 2.05) is 0 Å². The van der Waals surface area contributed by atoms with Crippen LogP contribution >= 0.6 is 0 Å². The fourth-order valence-electron chi connectivity index (χ4n) is 1.79. The van der Waals surface area contributed by atoms with Crippen LogP contribution in [0.5, 0.6) is 0 Å². The molecule has 18 heavy (non-hydrogen) atoms. The predicted molar refractivity (Wildman–Crippen MR) is 71.4 cm³/mol. The highest BCUT2D eigenvalue weighted by Gasteiger charge is 2.12. The first-order valence-corrected chi connectivity index (χ1v) is 7.29. The minimum absolute atomic E-state index is 0.0775. The number of H-pyrrole nitrogens is 2. The maximum absolute atomic E-state index is 11.7. The summed E-state index contributed by atoms with van der Waals surface area (Å²) in [6, 6.07) is 3.35. The van der Waals surface area contributed by atoms with Crippen molar-refractivity contribution in [3.63, 3.8) is 0 Å². The molecule has 0 aliphatic rings. The van der Waals surface area contributed by atoms with Crippen molar-refractivity contribution in [2.75, 3.05) is 10.5 Å². The lowest BCUT2D eigenvalue weighted by Gasteiger charge is -2.09. The Labute approximate surface area is 104 Å². The standard InChI is InChI=1S/C11H15N3O3S/c1-3-4-18(16,17)14-8-6-10-9(5-7(8)2)12-11(15)13-10/h5-6,14H,3-4H2,1-2H3,(H2,12,13,15). The Morgan fingerprint density at radius 2 is 1.83 bits per heavy atom. The van der Waals surface area contributed by atoms with E-state index in [4.69, 9.17) is 0 Å². The number of anilines is 1. The van der Waals surface area contributed by atoms with E-state index in [1.165, 1.54) is 0 Å². The minimum atomic E-state index is -3.32. The summed E-state index contributed by atoms with van der Waals surface area (Å²) in [7, 11) is -3.32. The highest BCUT2D eigenvalue weighted by molar-refractivity contribution is 7.92. The Balaban J connectivity index is 2.45. The third-order valence-corrected chi connectivity index (χ3v) is 4.08. The number of aromatic amines is 2. The minimum Gasteiger partial charge on any atom is -0.306 e. The van der Waals surface area contributed by atoms with Crippen LogP contribution in [0.4, 0.5) is 5.69 Å². The monoisotopic (exact) mass is 269 g/mol. The number of rotatable bonds is 4. The molecule has 0 saturated carbocycles. The molecule has 0 aliphatic heterocycles. The summed E-state index contributed by atoms with van der Waals surface area (Å²) in [4.78, 5) is 16.4. The van der Waals surface area contributed by atoms with Gasteiger partial charge in [0.15, 0.2) is 0 Å². The summed E-state index contributed by atoms with van der Waals surface area (Å²) in [6.45, 7) is 3.59. The first-order chi connectivity index (χ1) is 8.41. The maximum Gasteiger partial charge on any atom is 0.323 e. The summed E-state index contributed by atoms with van der Waals surface area (Å²) < 4.78 is 25.9. The lowest BCUT2D eigenvalue weighted by atomic mass is 10.2. The zero-order valence-corrected chi connectivity index (χ0v) is 11.0. The van der Waals surface area contributed by atoms with E-state index in [9.17, 15) is 13.2 Å². The molecule has 7 heteroatoms. The first kappa shape index (κ1) is 12.7.